The summed E-state index contributed by atoms with van der Waals surface area (Å²) in [6, 6.07) is 3.49. The standard InChI is InChI=1S/C13H17N5O/c1-3-6-14-12-11(5-4-7-15-12)13(19)17-10-8-16-18(2)9-10/h4-5,7-9H,3,6H2,1-2H3,(H,14,15)(H,17,19). The van der Waals surface area contributed by atoms with Gasteiger partial charge in [0.2, 0.25) is 0 Å². The lowest BCUT2D eigenvalue weighted by Gasteiger charge is -2.09. The maximum atomic E-state index is 12.2. The van der Waals surface area contributed by atoms with Gasteiger partial charge in [-0.15, -0.1) is 0 Å². The molecule has 6 heteroatoms. The third-order valence-electron chi connectivity index (χ3n) is 2.56. The molecule has 0 bridgehead atoms. The molecule has 2 aromatic rings. The van der Waals surface area contributed by atoms with Crippen LogP contribution in [-0.2, 0) is 7.05 Å². The molecule has 0 atom stereocenters. The topological polar surface area (TPSA) is 71.8 Å². The summed E-state index contributed by atoms with van der Waals surface area (Å²) in [4.78, 5) is 16.4. The molecule has 0 fully saturated rings. The molecule has 2 rings (SSSR count). The lowest BCUT2D eigenvalue weighted by molar-refractivity contribution is 0.102. The van der Waals surface area contributed by atoms with E-state index in [0.29, 0.717) is 17.1 Å². The minimum absolute atomic E-state index is 0.195. The van der Waals surface area contributed by atoms with Crippen LogP contribution in [0.25, 0.3) is 0 Å². The van der Waals surface area contributed by atoms with Gasteiger partial charge in [-0.3, -0.25) is 9.48 Å². The number of nitrogens with one attached hydrogen (secondary N) is 2. The average Bonchev–Trinajstić information content (AvgIpc) is 2.82. The minimum Gasteiger partial charge on any atom is -0.369 e. The fraction of sp³-hybridized carbons (Fsp3) is 0.308. The molecule has 0 spiro atoms. The molecule has 0 aliphatic heterocycles. The van der Waals surface area contributed by atoms with Gasteiger partial charge < -0.3 is 10.6 Å². The summed E-state index contributed by atoms with van der Waals surface area (Å²) < 4.78 is 1.63. The van der Waals surface area contributed by atoms with Crippen LogP contribution in [0.1, 0.15) is 23.7 Å². The van der Waals surface area contributed by atoms with Gasteiger partial charge in [0.15, 0.2) is 0 Å². The maximum Gasteiger partial charge on any atom is 0.259 e. The number of aromatic nitrogens is 3. The Labute approximate surface area is 111 Å². The van der Waals surface area contributed by atoms with Crippen molar-refractivity contribution >= 4 is 17.4 Å². The van der Waals surface area contributed by atoms with Crippen LogP contribution in [0, 0.1) is 0 Å². The molecule has 1 amide bonds. The molecular formula is C13H17N5O. The van der Waals surface area contributed by atoms with Crippen LogP contribution in [0.2, 0.25) is 0 Å². The first kappa shape index (κ1) is 13.1. The molecule has 2 heterocycles. The fourth-order valence-electron chi connectivity index (χ4n) is 1.66. The Kier molecular flexibility index (Phi) is 4.12. The van der Waals surface area contributed by atoms with Crippen LogP contribution in [-0.4, -0.2) is 27.2 Å². The van der Waals surface area contributed by atoms with Gasteiger partial charge in [-0.2, -0.15) is 5.10 Å². The molecule has 2 N–H and O–H groups in total. The first-order valence-electron chi connectivity index (χ1n) is 6.19. The molecule has 2 aromatic heterocycles. The lowest BCUT2D eigenvalue weighted by atomic mass is 10.2. The SMILES string of the molecule is CCCNc1ncccc1C(=O)Nc1cnn(C)c1. The number of aryl methyl sites for hydroxylation is 1. The van der Waals surface area contributed by atoms with Gasteiger partial charge in [-0.25, -0.2) is 4.98 Å². The number of rotatable bonds is 5. The summed E-state index contributed by atoms with van der Waals surface area (Å²) in [5, 5.41) is 9.94. The second-order valence-electron chi connectivity index (χ2n) is 4.18. The van der Waals surface area contributed by atoms with Crippen LogP contribution in [0.3, 0.4) is 0 Å². The third-order valence-corrected chi connectivity index (χ3v) is 2.56. The average molecular weight is 259 g/mol. The second kappa shape index (κ2) is 5.99. The molecule has 0 aliphatic carbocycles. The molecule has 0 radical (unpaired) electrons. The van der Waals surface area contributed by atoms with Gasteiger partial charge in [-0.1, -0.05) is 6.92 Å². The summed E-state index contributed by atoms with van der Waals surface area (Å²) in [6.45, 7) is 2.84. The summed E-state index contributed by atoms with van der Waals surface area (Å²) in [5.41, 5.74) is 1.19. The van der Waals surface area contributed by atoms with E-state index in [2.05, 4.69) is 27.6 Å². The van der Waals surface area contributed by atoms with E-state index in [1.165, 1.54) is 0 Å². The van der Waals surface area contributed by atoms with Crippen molar-refractivity contribution in [1.82, 2.24) is 14.8 Å². The zero-order valence-electron chi connectivity index (χ0n) is 11.1. The molecule has 0 unspecified atom stereocenters. The van der Waals surface area contributed by atoms with Gasteiger partial charge in [0.25, 0.3) is 5.91 Å². The van der Waals surface area contributed by atoms with Crippen molar-refractivity contribution in [3.05, 3.63) is 36.3 Å². The highest BCUT2D eigenvalue weighted by Crippen LogP contribution is 2.14. The Morgan fingerprint density at radius 2 is 2.32 bits per heavy atom. The highest BCUT2D eigenvalue weighted by atomic mass is 16.1. The van der Waals surface area contributed by atoms with Gasteiger partial charge in [0.1, 0.15) is 5.82 Å². The van der Waals surface area contributed by atoms with Crippen molar-refractivity contribution in [2.24, 2.45) is 7.05 Å². The first-order chi connectivity index (χ1) is 9.20. The summed E-state index contributed by atoms with van der Waals surface area (Å²) in [7, 11) is 1.80. The highest BCUT2D eigenvalue weighted by Gasteiger charge is 2.12. The van der Waals surface area contributed by atoms with Gasteiger partial charge in [0.05, 0.1) is 17.4 Å². The number of hydrogen-bond donors (Lipinski definition) is 2. The summed E-state index contributed by atoms with van der Waals surface area (Å²) in [6.07, 6.45) is 5.99. The zero-order chi connectivity index (χ0) is 13.7. The number of anilines is 2. The van der Waals surface area contributed by atoms with Crippen LogP contribution in [0.5, 0.6) is 0 Å². The molecule has 100 valence electrons. The van der Waals surface area contributed by atoms with E-state index in [4.69, 9.17) is 0 Å². The second-order valence-corrected chi connectivity index (χ2v) is 4.18. The van der Waals surface area contributed by atoms with Crippen molar-refractivity contribution in [2.45, 2.75) is 13.3 Å². The minimum atomic E-state index is -0.195. The molecule has 19 heavy (non-hydrogen) atoms. The van der Waals surface area contributed by atoms with E-state index in [9.17, 15) is 4.79 Å². The maximum absolute atomic E-state index is 12.2. The normalized spacial score (nSPS) is 10.2. The number of pyridine rings is 1. The van der Waals surface area contributed by atoms with Crippen LogP contribution < -0.4 is 10.6 Å². The van der Waals surface area contributed by atoms with E-state index in [0.717, 1.165) is 13.0 Å². The van der Waals surface area contributed by atoms with Crippen LogP contribution in [0.4, 0.5) is 11.5 Å². The van der Waals surface area contributed by atoms with Crippen molar-refractivity contribution in [1.29, 1.82) is 0 Å². The fourth-order valence-corrected chi connectivity index (χ4v) is 1.66. The highest BCUT2D eigenvalue weighted by molar-refractivity contribution is 6.07. The van der Waals surface area contributed by atoms with Crippen LogP contribution in [0.15, 0.2) is 30.7 Å². The number of carbonyl (C=O) groups is 1. The summed E-state index contributed by atoms with van der Waals surface area (Å²) >= 11 is 0. The number of amides is 1. The summed E-state index contributed by atoms with van der Waals surface area (Å²) in [5.74, 6) is 0.408. The van der Waals surface area contributed by atoms with E-state index in [1.807, 2.05) is 0 Å². The largest absolute Gasteiger partial charge is 0.369 e. The van der Waals surface area contributed by atoms with Gasteiger partial charge in [-0.05, 0) is 18.6 Å². The molecule has 6 nitrogen and oxygen atoms in total. The monoisotopic (exact) mass is 259 g/mol. The zero-order valence-corrected chi connectivity index (χ0v) is 11.1. The third kappa shape index (κ3) is 3.31. The Bertz CT molecular complexity index is 564. The van der Waals surface area contributed by atoms with Crippen molar-refractivity contribution in [2.75, 3.05) is 17.2 Å². The van der Waals surface area contributed by atoms with E-state index < -0.39 is 0 Å². The molecule has 0 aliphatic rings. The van der Waals surface area contributed by atoms with Crippen molar-refractivity contribution < 1.29 is 4.79 Å². The predicted molar refractivity (Wildman–Crippen MR) is 74.2 cm³/mol. The smallest absolute Gasteiger partial charge is 0.259 e. The van der Waals surface area contributed by atoms with Crippen LogP contribution >= 0.6 is 0 Å². The lowest BCUT2D eigenvalue weighted by Crippen LogP contribution is -2.15. The number of carbonyl (C=O) groups excluding carboxylic acids is 1. The quantitative estimate of drug-likeness (QED) is 0.860. The number of hydrogen-bond acceptors (Lipinski definition) is 4. The van der Waals surface area contributed by atoms with E-state index in [1.54, 1.807) is 42.5 Å². The number of nitrogens with zero attached hydrogens (tertiary/aromatic N) is 3. The van der Waals surface area contributed by atoms with Crippen molar-refractivity contribution in [3.8, 4) is 0 Å². The Morgan fingerprint density at radius 3 is 3.00 bits per heavy atom. The molecule has 0 aromatic carbocycles. The Morgan fingerprint density at radius 1 is 1.47 bits per heavy atom. The Balaban J connectivity index is 2.14. The predicted octanol–water partition coefficient (Wildman–Crippen LogP) is 1.89. The molecule has 0 saturated carbocycles. The van der Waals surface area contributed by atoms with Gasteiger partial charge in [0, 0.05) is 26.0 Å². The van der Waals surface area contributed by atoms with Crippen molar-refractivity contribution in [3.63, 3.8) is 0 Å². The molecular weight excluding hydrogens is 242 g/mol. The Hall–Kier alpha value is -2.37. The van der Waals surface area contributed by atoms with E-state index >= 15 is 0 Å². The first-order valence-corrected chi connectivity index (χ1v) is 6.19. The molecule has 0 saturated heterocycles. The van der Waals surface area contributed by atoms with Gasteiger partial charge >= 0.3 is 0 Å². The van der Waals surface area contributed by atoms with E-state index in [-0.39, 0.29) is 5.91 Å².